The number of amides is 1. The van der Waals surface area contributed by atoms with Crippen LogP contribution in [0.4, 0.5) is 5.82 Å². The average molecular weight is 455 g/mol. The van der Waals surface area contributed by atoms with Crippen LogP contribution in [-0.4, -0.2) is 58.2 Å². The molecule has 1 aliphatic rings. The van der Waals surface area contributed by atoms with Gasteiger partial charge in [0.2, 0.25) is 0 Å². The zero-order valence-corrected chi connectivity index (χ0v) is 18.0. The molecule has 3 heterocycles. The molecule has 2 aromatic heterocycles. The van der Waals surface area contributed by atoms with Gasteiger partial charge in [-0.3, -0.25) is 19.2 Å². The molecule has 1 amide bonds. The lowest BCUT2D eigenvalue weighted by Gasteiger charge is -2.27. The molecule has 3 aromatic rings. The van der Waals surface area contributed by atoms with E-state index in [9.17, 15) is 23.1 Å². The van der Waals surface area contributed by atoms with Crippen LogP contribution < -0.4 is 4.72 Å². The van der Waals surface area contributed by atoms with Gasteiger partial charge in [-0.1, -0.05) is 17.7 Å². The van der Waals surface area contributed by atoms with Gasteiger partial charge < -0.3 is 10.0 Å². The number of hydrogen-bond acceptors (Lipinski definition) is 6. The first kappa shape index (κ1) is 21.5. The van der Waals surface area contributed by atoms with E-state index in [0.29, 0.717) is 19.5 Å². The number of aryl methyl sites for hydroxylation is 1. The van der Waals surface area contributed by atoms with Gasteiger partial charge in [-0.25, -0.2) is 13.2 Å². The van der Waals surface area contributed by atoms with Gasteiger partial charge in [0.1, 0.15) is 11.3 Å². The highest BCUT2D eigenvalue weighted by atomic mass is 32.2. The topological polar surface area (TPSA) is 134 Å². The summed E-state index contributed by atoms with van der Waals surface area (Å²) in [5.74, 6) is -2.31. The number of anilines is 1. The van der Waals surface area contributed by atoms with Crippen LogP contribution in [0.2, 0.25) is 0 Å². The zero-order chi connectivity index (χ0) is 22.9. The Balaban J connectivity index is 1.62. The van der Waals surface area contributed by atoms with E-state index in [2.05, 4.69) is 14.8 Å². The van der Waals surface area contributed by atoms with E-state index in [1.165, 1.54) is 16.8 Å². The molecule has 1 aliphatic heterocycles. The molecule has 0 radical (unpaired) electrons. The van der Waals surface area contributed by atoms with Gasteiger partial charge in [-0.15, -0.1) is 0 Å². The van der Waals surface area contributed by atoms with Crippen LogP contribution in [0.15, 0.2) is 53.7 Å². The molecule has 0 spiro atoms. The van der Waals surface area contributed by atoms with Crippen LogP contribution in [-0.2, 0) is 23.0 Å². The van der Waals surface area contributed by atoms with Gasteiger partial charge in [-0.05, 0) is 43.2 Å². The minimum Gasteiger partial charge on any atom is -0.477 e. The van der Waals surface area contributed by atoms with Crippen molar-refractivity contribution in [2.24, 2.45) is 0 Å². The molecule has 10 nitrogen and oxygen atoms in total. The maximum Gasteiger partial charge on any atom is 0.342 e. The maximum atomic E-state index is 13.1. The van der Waals surface area contributed by atoms with E-state index in [1.54, 1.807) is 29.4 Å². The molecule has 11 heteroatoms. The van der Waals surface area contributed by atoms with E-state index in [0.717, 1.165) is 11.1 Å². The Hall–Kier alpha value is -3.73. The Morgan fingerprint density at radius 1 is 1.12 bits per heavy atom. The van der Waals surface area contributed by atoms with E-state index >= 15 is 0 Å². The number of carboxylic acids is 1. The van der Waals surface area contributed by atoms with Crippen molar-refractivity contribution in [2.45, 2.75) is 24.8 Å². The van der Waals surface area contributed by atoms with E-state index < -0.39 is 27.5 Å². The number of carbonyl (C=O) groups is 2. The second kappa shape index (κ2) is 8.42. The third-order valence-corrected chi connectivity index (χ3v) is 6.57. The summed E-state index contributed by atoms with van der Waals surface area (Å²) in [7, 11) is -4.08. The molecule has 0 saturated heterocycles. The summed E-state index contributed by atoms with van der Waals surface area (Å²) < 4.78 is 29.0. The summed E-state index contributed by atoms with van der Waals surface area (Å²) in [4.78, 5) is 30.5. The van der Waals surface area contributed by atoms with Gasteiger partial charge in [0, 0.05) is 25.5 Å². The molecule has 0 unspecified atom stereocenters. The van der Waals surface area contributed by atoms with Gasteiger partial charge in [0.25, 0.3) is 15.9 Å². The molecule has 0 bridgehead atoms. The summed E-state index contributed by atoms with van der Waals surface area (Å²) in [6.07, 6.45) is 3.91. The standard InChI is InChI=1S/C21H21N5O5S/c1-14-2-4-16(5-3-14)32(30,31)24-19-17(21(28)29)18-20(27)25(12-13-26(18)23-19)11-8-15-6-9-22-10-7-15/h2-7,9-10H,8,11-13H2,1H3,(H,23,24)(H,28,29). The van der Waals surface area contributed by atoms with Crippen LogP contribution in [0.25, 0.3) is 0 Å². The molecule has 0 fully saturated rings. The van der Waals surface area contributed by atoms with E-state index in [1.807, 2.05) is 19.1 Å². The molecule has 0 aliphatic carbocycles. The van der Waals surface area contributed by atoms with Gasteiger partial charge in [0.15, 0.2) is 5.82 Å². The first-order chi connectivity index (χ1) is 15.3. The highest BCUT2D eigenvalue weighted by Gasteiger charge is 2.35. The van der Waals surface area contributed by atoms with Crippen molar-refractivity contribution in [2.75, 3.05) is 17.8 Å². The minimum atomic E-state index is -4.08. The van der Waals surface area contributed by atoms with Crippen LogP contribution in [0, 0.1) is 6.92 Å². The SMILES string of the molecule is Cc1ccc(S(=O)(=O)Nc2nn3c(c2C(=O)O)C(=O)N(CCc2ccncc2)CC3)cc1. The number of sulfonamides is 1. The van der Waals surface area contributed by atoms with Crippen LogP contribution in [0.3, 0.4) is 0 Å². The number of aromatic nitrogens is 3. The summed E-state index contributed by atoms with van der Waals surface area (Å²) in [6, 6.07) is 9.79. The van der Waals surface area contributed by atoms with Crippen molar-refractivity contribution in [1.82, 2.24) is 19.7 Å². The Morgan fingerprint density at radius 2 is 1.81 bits per heavy atom. The number of aromatic carboxylic acids is 1. The number of hydrogen-bond donors (Lipinski definition) is 2. The number of carboxylic acid groups (broad SMARTS) is 1. The molecule has 1 aromatic carbocycles. The average Bonchev–Trinajstić information content (AvgIpc) is 3.12. The molecule has 166 valence electrons. The van der Waals surface area contributed by atoms with Crippen molar-refractivity contribution in [3.05, 3.63) is 71.2 Å². The predicted molar refractivity (Wildman–Crippen MR) is 115 cm³/mol. The molecule has 32 heavy (non-hydrogen) atoms. The number of rotatable bonds is 7. The maximum absolute atomic E-state index is 13.1. The second-order valence-corrected chi connectivity index (χ2v) is 9.10. The molecule has 0 saturated carbocycles. The van der Waals surface area contributed by atoms with Gasteiger partial charge in [0.05, 0.1) is 11.4 Å². The van der Waals surface area contributed by atoms with E-state index in [-0.39, 0.29) is 23.0 Å². The molecule has 2 N–H and O–H groups in total. The summed E-state index contributed by atoms with van der Waals surface area (Å²) in [5, 5.41) is 13.9. The lowest BCUT2D eigenvalue weighted by molar-refractivity contribution is 0.0652. The zero-order valence-electron chi connectivity index (χ0n) is 17.2. The predicted octanol–water partition coefficient (Wildman–Crippen LogP) is 1.78. The first-order valence-electron chi connectivity index (χ1n) is 9.88. The van der Waals surface area contributed by atoms with Gasteiger partial charge >= 0.3 is 5.97 Å². The quantitative estimate of drug-likeness (QED) is 0.554. The Bertz CT molecular complexity index is 1270. The normalized spacial score (nSPS) is 13.7. The van der Waals surface area contributed by atoms with Crippen LogP contribution in [0.1, 0.15) is 32.0 Å². The smallest absolute Gasteiger partial charge is 0.342 e. The molecular formula is C21H21N5O5S. The molecule has 4 rings (SSSR count). The van der Waals surface area contributed by atoms with Gasteiger partial charge in [-0.2, -0.15) is 5.10 Å². The van der Waals surface area contributed by atoms with Crippen molar-refractivity contribution in [3.63, 3.8) is 0 Å². The number of pyridine rings is 1. The second-order valence-electron chi connectivity index (χ2n) is 7.42. The Labute approximate surface area is 184 Å². The lowest BCUT2D eigenvalue weighted by atomic mass is 10.1. The largest absolute Gasteiger partial charge is 0.477 e. The number of fused-ring (bicyclic) bond motifs is 1. The third kappa shape index (κ3) is 4.19. The van der Waals surface area contributed by atoms with Crippen molar-refractivity contribution in [3.8, 4) is 0 Å². The number of carbonyl (C=O) groups excluding carboxylic acids is 1. The fourth-order valence-corrected chi connectivity index (χ4v) is 4.52. The fourth-order valence-electron chi connectivity index (χ4n) is 3.51. The number of nitrogens with zero attached hydrogens (tertiary/aromatic N) is 4. The lowest BCUT2D eigenvalue weighted by Crippen LogP contribution is -2.42. The van der Waals surface area contributed by atoms with Crippen molar-refractivity contribution >= 4 is 27.7 Å². The Morgan fingerprint density at radius 3 is 2.47 bits per heavy atom. The number of benzene rings is 1. The van der Waals surface area contributed by atoms with Crippen LogP contribution >= 0.6 is 0 Å². The number of nitrogens with one attached hydrogen (secondary N) is 1. The first-order valence-corrected chi connectivity index (χ1v) is 11.4. The summed E-state index contributed by atoms with van der Waals surface area (Å²) >= 11 is 0. The highest BCUT2D eigenvalue weighted by Crippen LogP contribution is 2.26. The highest BCUT2D eigenvalue weighted by molar-refractivity contribution is 7.92. The van der Waals surface area contributed by atoms with Crippen molar-refractivity contribution in [1.29, 1.82) is 0 Å². The monoisotopic (exact) mass is 455 g/mol. The third-order valence-electron chi connectivity index (χ3n) is 5.22. The summed E-state index contributed by atoms with van der Waals surface area (Å²) in [5.41, 5.74) is 1.28. The minimum absolute atomic E-state index is 0.0317. The van der Waals surface area contributed by atoms with Crippen molar-refractivity contribution < 1.29 is 23.1 Å². The molecule has 0 atom stereocenters. The molecular weight excluding hydrogens is 434 g/mol. The fraction of sp³-hybridized carbons (Fsp3) is 0.238. The van der Waals surface area contributed by atoms with Crippen LogP contribution in [0.5, 0.6) is 0 Å². The van der Waals surface area contributed by atoms with E-state index in [4.69, 9.17) is 0 Å². The summed E-state index contributed by atoms with van der Waals surface area (Å²) in [6.45, 7) is 2.80. The Kier molecular flexibility index (Phi) is 5.66.